The van der Waals surface area contributed by atoms with Gasteiger partial charge in [0.1, 0.15) is 33.0 Å². The average Bonchev–Trinajstić information content (AvgIpc) is 2.70. The van der Waals surface area contributed by atoms with Crippen molar-refractivity contribution < 1.29 is 13.7 Å². The lowest BCUT2D eigenvalue weighted by molar-refractivity contribution is 0.403. The van der Waals surface area contributed by atoms with Crippen LogP contribution in [0.5, 0.6) is 11.5 Å². The zero-order chi connectivity index (χ0) is 21.1. The van der Waals surface area contributed by atoms with Crippen molar-refractivity contribution in [3.05, 3.63) is 58.8 Å². The zero-order valence-electron chi connectivity index (χ0n) is 17.3. The summed E-state index contributed by atoms with van der Waals surface area (Å²) in [5.41, 5.74) is 8.41. The van der Waals surface area contributed by atoms with Gasteiger partial charge in [-0.15, -0.1) is 0 Å². The summed E-state index contributed by atoms with van der Waals surface area (Å²) >= 11 is 0. The minimum atomic E-state index is -1.54. The molecular weight excluding hydrogens is 374 g/mol. The predicted octanol–water partition coefficient (Wildman–Crippen LogP) is 3.64. The first-order chi connectivity index (χ1) is 13.1. The minimum absolute atomic E-state index is 0.0221. The number of benzene rings is 2. The molecule has 0 aromatic heterocycles. The molecule has 0 spiro atoms. The van der Waals surface area contributed by atoms with Gasteiger partial charge in [0.05, 0.1) is 19.9 Å². The van der Waals surface area contributed by atoms with Crippen molar-refractivity contribution in [1.29, 1.82) is 0 Å². The molecule has 0 aliphatic carbocycles. The van der Waals surface area contributed by atoms with E-state index in [0.29, 0.717) is 27.8 Å². The Kier molecular flexibility index (Phi) is 6.74. The molecule has 4 N–H and O–H groups in total. The van der Waals surface area contributed by atoms with Crippen LogP contribution < -0.4 is 26.1 Å². The number of nitrogens with two attached hydrogens (primary N) is 2. The van der Waals surface area contributed by atoms with Crippen LogP contribution in [0.1, 0.15) is 33.3 Å². The highest BCUT2D eigenvalue weighted by molar-refractivity contribution is 7.89. The third kappa shape index (κ3) is 4.66. The molecule has 2 aromatic carbocycles. The number of hydrogen-bond acceptors (Lipinski definition) is 6. The predicted molar refractivity (Wildman–Crippen MR) is 115 cm³/mol. The Balaban J connectivity index is 2.37. The first-order valence-electron chi connectivity index (χ1n) is 8.85. The van der Waals surface area contributed by atoms with Gasteiger partial charge < -0.3 is 15.2 Å². The van der Waals surface area contributed by atoms with E-state index in [-0.39, 0.29) is 10.4 Å². The Morgan fingerprint density at radius 3 is 2.14 bits per heavy atom. The number of rotatable bonds is 6. The molecular formula is C21H29N3O3S. The van der Waals surface area contributed by atoms with Gasteiger partial charge in [-0.1, -0.05) is 32.9 Å². The van der Waals surface area contributed by atoms with Crippen molar-refractivity contribution in [3.8, 4) is 11.5 Å². The van der Waals surface area contributed by atoms with Crippen molar-refractivity contribution in [3.63, 3.8) is 0 Å². The summed E-state index contributed by atoms with van der Waals surface area (Å²) in [5.74, 6) is 7.44. The lowest BCUT2D eigenvalue weighted by atomic mass is 9.87. The Hall–Kier alpha value is -2.51. The molecule has 0 radical (unpaired) electrons. The van der Waals surface area contributed by atoms with Crippen LogP contribution in [-0.4, -0.2) is 18.4 Å². The van der Waals surface area contributed by atoms with E-state index < -0.39 is 10.8 Å². The number of anilines is 1. The van der Waals surface area contributed by atoms with E-state index in [1.165, 1.54) is 5.01 Å². The highest BCUT2D eigenvalue weighted by Gasteiger charge is 2.19. The van der Waals surface area contributed by atoms with Gasteiger partial charge in [-0.05, 0) is 42.2 Å². The summed E-state index contributed by atoms with van der Waals surface area (Å²) in [5, 5.41) is 1.54. The first kappa shape index (κ1) is 21.8. The van der Waals surface area contributed by atoms with E-state index in [2.05, 4.69) is 20.8 Å². The number of allylic oxidation sites excluding steroid dienone is 1. The maximum Gasteiger partial charge on any atom is 0.144 e. The number of hydrogen-bond donors (Lipinski definition) is 2. The second-order valence-electron chi connectivity index (χ2n) is 7.40. The fourth-order valence-electron chi connectivity index (χ4n) is 2.62. The highest BCUT2D eigenvalue weighted by atomic mass is 32.2. The Bertz CT molecular complexity index is 887. The van der Waals surface area contributed by atoms with E-state index in [1.54, 1.807) is 39.3 Å². The van der Waals surface area contributed by atoms with Crippen LogP contribution >= 0.6 is 0 Å². The Labute approximate surface area is 169 Å². The van der Waals surface area contributed by atoms with Crippen LogP contribution in [-0.2, 0) is 16.2 Å². The lowest BCUT2D eigenvalue weighted by Gasteiger charge is -2.23. The maximum absolute atomic E-state index is 13.0. The molecule has 152 valence electrons. The van der Waals surface area contributed by atoms with E-state index in [0.717, 1.165) is 5.56 Å². The quantitative estimate of drug-likeness (QED) is 0.565. The van der Waals surface area contributed by atoms with Gasteiger partial charge in [-0.3, -0.25) is 5.01 Å². The van der Waals surface area contributed by atoms with E-state index in [4.69, 9.17) is 21.1 Å². The fraction of sp³-hybridized carbons (Fsp3) is 0.333. The SMILES string of the molecule is COc1ccc(OC)c(N(N)/C(C)=C(\N)S(=O)c2ccc(C(C)(C)C)cc2)c1. The van der Waals surface area contributed by atoms with Crippen molar-refractivity contribution in [2.45, 2.75) is 38.0 Å². The average molecular weight is 404 g/mol. The van der Waals surface area contributed by atoms with Gasteiger partial charge >= 0.3 is 0 Å². The molecule has 0 aliphatic rings. The monoisotopic (exact) mass is 403 g/mol. The summed E-state index contributed by atoms with van der Waals surface area (Å²) in [4.78, 5) is 0.621. The van der Waals surface area contributed by atoms with Gasteiger partial charge in [0.2, 0.25) is 0 Å². The summed E-state index contributed by atoms with van der Waals surface area (Å²) in [6, 6.07) is 12.9. The second kappa shape index (κ2) is 8.67. The molecule has 0 amide bonds. The molecule has 28 heavy (non-hydrogen) atoms. The molecule has 0 saturated heterocycles. The molecule has 2 rings (SSSR count). The molecule has 6 nitrogen and oxygen atoms in total. The van der Waals surface area contributed by atoms with Gasteiger partial charge in [-0.2, -0.15) is 0 Å². The minimum Gasteiger partial charge on any atom is -0.497 e. The van der Waals surface area contributed by atoms with Crippen LogP contribution in [0.3, 0.4) is 0 Å². The van der Waals surface area contributed by atoms with Crippen LogP contribution in [0.2, 0.25) is 0 Å². The van der Waals surface area contributed by atoms with E-state index in [9.17, 15) is 4.21 Å². The van der Waals surface area contributed by atoms with Gasteiger partial charge in [0.15, 0.2) is 0 Å². The number of hydrazine groups is 1. The van der Waals surface area contributed by atoms with E-state index in [1.807, 2.05) is 24.3 Å². The molecule has 1 unspecified atom stereocenters. The van der Waals surface area contributed by atoms with E-state index >= 15 is 0 Å². The topological polar surface area (TPSA) is 90.8 Å². The number of methoxy groups -OCH3 is 2. The molecule has 0 heterocycles. The number of ether oxygens (including phenoxy) is 2. The summed E-state index contributed by atoms with van der Waals surface area (Å²) in [7, 11) is 1.58. The molecule has 2 aromatic rings. The molecule has 0 saturated carbocycles. The van der Waals surface area contributed by atoms with Gasteiger partial charge in [0, 0.05) is 11.0 Å². The smallest absolute Gasteiger partial charge is 0.144 e. The molecule has 0 bridgehead atoms. The van der Waals surface area contributed by atoms with Crippen LogP contribution in [0.4, 0.5) is 5.69 Å². The fourth-order valence-corrected chi connectivity index (χ4v) is 3.63. The summed E-state index contributed by atoms with van der Waals surface area (Å²) < 4.78 is 23.6. The van der Waals surface area contributed by atoms with Crippen molar-refractivity contribution in [2.75, 3.05) is 19.2 Å². The number of nitrogens with zero attached hydrogens (tertiary/aromatic N) is 1. The van der Waals surface area contributed by atoms with Crippen LogP contribution in [0.15, 0.2) is 58.1 Å². The highest BCUT2D eigenvalue weighted by Crippen LogP contribution is 2.33. The third-order valence-electron chi connectivity index (χ3n) is 4.50. The molecule has 0 aliphatic heterocycles. The maximum atomic E-state index is 13.0. The largest absolute Gasteiger partial charge is 0.497 e. The Morgan fingerprint density at radius 2 is 1.64 bits per heavy atom. The zero-order valence-corrected chi connectivity index (χ0v) is 18.1. The Morgan fingerprint density at radius 1 is 1.04 bits per heavy atom. The lowest BCUT2D eigenvalue weighted by Crippen LogP contribution is -2.32. The van der Waals surface area contributed by atoms with Crippen molar-refractivity contribution in [1.82, 2.24) is 0 Å². The normalized spacial score (nSPS) is 13.5. The molecule has 0 fully saturated rings. The van der Waals surface area contributed by atoms with Crippen molar-refractivity contribution in [2.24, 2.45) is 11.6 Å². The first-order valence-corrected chi connectivity index (χ1v) is 10.0. The van der Waals surface area contributed by atoms with Crippen LogP contribution in [0.25, 0.3) is 0 Å². The van der Waals surface area contributed by atoms with Gasteiger partial charge in [-0.25, -0.2) is 10.1 Å². The van der Waals surface area contributed by atoms with Crippen molar-refractivity contribution >= 4 is 16.5 Å². The summed E-state index contributed by atoms with van der Waals surface area (Å²) in [6.45, 7) is 8.11. The van der Waals surface area contributed by atoms with Crippen LogP contribution in [0, 0.1) is 0 Å². The standard InChI is InChI=1S/C21H29N3O3S/c1-14(24(23)18-13-16(26-5)9-12-19(18)27-6)20(22)28(25)17-10-7-15(8-11-17)21(2,3)4/h7-13H,22-23H2,1-6H3/b20-14+. The molecule has 1 atom stereocenters. The second-order valence-corrected chi connectivity index (χ2v) is 8.85. The summed E-state index contributed by atoms with van der Waals surface area (Å²) in [6.07, 6.45) is 0. The van der Waals surface area contributed by atoms with Gasteiger partial charge in [0.25, 0.3) is 0 Å². The molecule has 7 heteroatoms. The third-order valence-corrected chi connectivity index (χ3v) is 5.89.